The van der Waals surface area contributed by atoms with Crippen molar-refractivity contribution in [2.45, 2.75) is 6.92 Å². The van der Waals surface area contributed by atoms with Crippen LogP contribution in [0, 0.1) is 28.7 Å². The SMILES string of the molecule is Cc1nc(-c2c(F)cccc2F)sc1C(=O)N1CCN(c2ccc([N+](=O)[O-])cn2)CC1. The molecule has 0 N–H and O–H groups in total. The van der Waals surface area contributed by atoms with Gasteiger partial charge in [-0.2, -0.15) is 0 Å². The lowest BCUT2D eigenvalue weighted by atomic mass is 10.2. The van der Waals surface area contributed by atoms with Crippen molar-refractivity contribution in [3.63, 3.8) is 0 Å². The largest absolute Gasteiger partial charge is 0.353 e. The second-order valence-electron chi connectivity index (χ2n) is 6.94. The first kappa shape index (κ1) is 20.8. The van der Waals surface area contributed by atoms with Gasteiger partial charge >= 0.3 is 0 Å². The van der Waals surface area contributed by atoms with Crippen molar-refractivity contribution in [3.8, 4) is 10.6 Å². The molecule has 0 radical (unpaired) electrons. The number of pyridine rings is 1. The van der Waals surface area contributed by atoms with Crippen LogP contribution in [0.1, 0.15) is 15.4 Å². The van der Waals surface area contributed by atoms with Gasteiger partial charge in [0.05, 0.1) is 16.2 Å². The fraction of sp³-hybridized carbons (Fsp3) is 0.250. The Bertz CT molecular complexity index is 1120. The first-order valence-corrected chi connectivity index (χ1v) is 10.2. The third-order valence-corrected chi connectivity index (χ3v) is 6.16. The Hall–Kier alpha value is -3.47. The van der Waals surface area contributed by atoms with E-state index in [4.69, 9.17) is 0 Å². The zero-order chi connectivity index (χ0) is 22.1. The summed E-state index contributed by atoms with van der Waals surface area (Å²) in [5.74, 6) is -1.09. The summed E-state index contributed by atoms with van der Waals surface area (Å²) >= 11 is 0.972. The highest BCUT2D eigenvalue weighted by molar-refractivity contribution is 7.17. The Morgan fingerprint density at radius 1 is 1.13 bits per heavy atom. The monoisotopic (exact) mass is 445 g/mol. The highest BCUT2D eigenvalue weighted by Crippen LogP contribution is 2.32. The van der Waals surface area contributed by atoms with Gasteiger partial charge in [0.1, 0.15) is 33.5 Å². The molecule has 0 unspecified atom stereocenters. The van der Waals surface area contributed by atoms with Gasteiger partial charge in [0.25, 0.3) is 11.6 Å². The molecule has 4 rings (SSSR count). The standard InChI is InChI=1S/C20H17F2N5O3S/c1-12-18(31-19(24-12)17-14(21)3-2-4-15(17)22)20(28)26-9-7-25(8-10-26)16-6-5-13(11-23-16)27(29)30/h2-6,11H,7-10H2,1H3. The number of nitrogens with zero attached hydrogens (tertiary/aromatic N) is 5. The molecule has 0 spiro atoms. The van der Waals surface area contributed by atoms with Gasteiger partial charge in [0.2, 0.25) is 0 Å². The Morgan fingerprint density at radius 2 is 1.81 bits per heavy atom. The molecule has 2 aromatic heterocycles. The van der Waals surface area contributed by atoms with E-state index in [1.807, 2.05) is 4.90 Å². The Kier molecular flexibility index (Phi) is 5.59. The number of thiazole rings is 1. The average molecular weight is 445 g/mol. The minimum absolute atomic E-state index is 0.0830. The number of anilines is 1. The molecule has 0 aliphatic carbocycles. The summed E-state index contributed by atoms with van der Waals surface area (Å²) in [5.41, 5.74) is 0.108. The summed E-state index contributed by atoms with van der Waals surface area (Å²) in [6.07, 6.45) is 1.21. The maximum absolute atomic E-state index is 14.1. The fourth-order valence-electron chi connectivity index (χ4n) is 3.36. The maximum Gasteiger partial charge on any atom is 0.287 e. The number of nitro groups is 1. The molecule has 1 aromatic carbocycles. The van der Waals surface area contributed by atoms with Gasteiger partial charge in [0, 0.05) is 32.2 Å². The number of carbonyl (C=O) groups excluding carboxylic acids is 1. The van der Waals surface area contributed by atoms with Crippen LogP contribution in [0.25, 0.3) is 10.6 Å². The van der Waals surface area contributed by atoms with E-state index in [9.17, 15) is 23.7 Å². The number of piperazine rings is 1. The van der Waals surface area contributed by atoms with E-state index in [2.05, 4.69) is 9.97 Å². The van der Waals surface area contributed by atoms with Crippen molar-refractivity contribution >= 4 is 28.7 Å². The quantitative estimate of drug-likeness (QED) is 0.450. The maximum atomic E-state index is 14.1. The molecule has 1 aliphatic rings. The van der Waals surface area contributed by atoms with Crippen molar-refractivity contribution in [2.24, 2.45) is 0 Å². The minimum Gasteiger partial charge on any atom is -0.353 e. The van der Waals surface area contributed by atoms with Gasteiger partial charge < -0.3 is 9.80 Å². The van der Waals surface area contributed by atoms with Crippen LogP contribution in [0.2, 0.25) is 0 Å². The molecule has 1 aliphatic heterocycles. The van der Waals surface area contributed by atoms with E-state index in [0.717, 1.165) is 23.5 Å². The molecule has 0 saturated carbocycles. The predicted molar refractivity (Wildman–Crippen MR) is 111 cm³/mol. The Labute approximate surface area is 179 Å². The van der Waals surface area contributed by atoms with Gasteiger partial charge in [-0.3, -0.25) is 14.9 Å². The van der Waals surface area contributed by atoms with E-state index >= 15 is 0 Å². The molecule has 3 aromatic rings. The van der Waals surface area contributed by atoms with E-state index < -0.39 is 16.6 Å². The van der Waals surface area contributed by atoms with Crippen LogP contribution in [0.5, 0.6) is 0 Å². The molecule has 1 fully saturated rings. The second kappa shape index (κ2) is 8.34. The number of benzene rings is 1. The Balaban J connectivity index is 1.47. The summed E-state index contributed by atoms with van der Waals surface area (Å²) in [7, 11) is 0. The topological polar surface area (TPSA) is 92.5 Å². The lowest BCUT2D eigenvalue weighted by Crippen LogP contribution is -2.49. The number of aryl methyl sites for hydroxylation is 1. The number of hydrogen-bond donors (Lipinski definition) is 0. The van der Waals surface area contributed by atoms with Gasteiger partial charge in [-0.05, 0) is 25.1 Å². The van der Waals surface area contributed by atoms with Gasteiger partial charge in [-0.15, -0.1) is 11.3 Å². The Morgan fingerprint density at radius 3 is 2.39 bits per heavy atom. The molecular weight excluding hydrogens is 428 g/mol. The molecule has 0 atom stereocenters. The summed E-state index contributed by atoms with van der Waals surface area (Å²) < 4.78 is 28.2. The normalized spacial score (nSPS) is 14.0. The second-order valence-corrected chi connectivity index (χ2v) is 7.94. The fourth-order valence-corrected chi connectivity index (χ4v) is 4.44. The van der Waals surface area contributed by atoms with Crippen LogP contribution >= 0.6 is 11.3 Å². The molecular formula is C20H17F2N5O3S. The summed E-state index contributed by atoms with van der Waals surface area (Å²) in [6.45, 7) is 3.48. The third kappa shape index (κ3) is 4.08. The van der Waals surface area contributed by atoms with E-state index in [1.165, 1.54) is 18.3 Å². The first-order chi connectivity index (χ1) is 14.8. The number of aromatic nitrogens is 2. The number of amides is 1. The summed E-state index contributed by atoms with van der Waals surface area (Å²) in [6, 6.07) is 6.56. The molecule has 31 heavy (non-hydrogen) atoms. The molecule has 1 amide bonds. The zero-order valence-electron chi connectivity index (χ0n) is 16.4. The van der Waals surface area contributed by atoms with Crippen LogP contribution in [0.3, 0.4) is 0 Å². The number of hydrogen-bond acceptors (Lipinski definition) is 7. The van der Waals surface area contributed by atoms with Crippen LogP contribution in [0.4, 0.5) is 20.3 Å². The number of halogens is 2. The van der Waals surface area contributed by atoms with E-state index in [0.29, 0.717) is 42.6 Å². The molecule has 1 saturated heterocycles. The predicted octanol–water partition coefficient (Wildman–Crippen LogP) is 3.66. The minimum atomic E-state index is -0.725. The van der Waals surface area contributed by atoms with Crippen molar-refractivity contribution in [3.05, 3.63) is 68.8 Å². The van der Waals surface area contributed by atoms with Crippen molar-refractivity contribution in [2.75, 3.05) is 31.1 Å². The smallest absolute Gasteiger partial charge is 0.287 e. The lowest BCUT2D eigenvalue weighted by Gasteiger charge is -2.35. The number of rotatable bonds is 4. The van der Waals surface area contributed by atoms with Crippen molar-refractivity contribution in [1.82, 2.24) is 14.9 Å². The van der Waals surface area contributed by atoms with Crippen LogP contribution < -0.4 is 4.90 Å². The van der Waals surface area contributed by atoms with Crippen LogP contribution in [-0.4, -0.2) is 51.9 Å². The van der Waals surface area contributed by atoms with Gasteiger partial charge in [-0.1, -0.05) is 6.07 Å². The van der Waals surface area contributed by atoms with Crippen molar-refractivity contribution < 1.29 is 18.5 Å². The molecule has 3 heterocycles. The average Bonchev–Trinajstić information content (AvgIpc) is 3.14. The molecule has 0 bridgehead atoms. The first-order valence-electron chi connectivity index (χ1n) is 9.41. The highest BCUT2D eigenvalue weighted by Gasteiger charge is 2.27. The number of carbonyl (C=O) groups is 1. The van der Waals surface area contributed by atoms with Crippen LogP contribution in [0.15, 0.2) is 36.5 Å². The lowest BCUT2D eigenvalue weighted by molar-refractivity contribution is -0.385. The van der Waals surface area contributed by atoms with E-state index in [-0.39, 0.29) is 22.2 Å². The molecule has 8 nitrogen and oxygen atoms in total. The summed E-state index contributed by atoms with van der Waals surface area (Å²) in [4.78, 5) is 35.5. The van der Waals surface area contributed by atoms with Gasteiger partial charge in [0.15, 0.2) is 0 Å². The van der Waals surface area contributed by atoms with Crippen molar-refractivity contribution in [1.29, 1.82) is 0 Å². The molecule has 11 heteroatoms. The highest BCUT2D eigenvalue weighted by atomic mass is 32.1. The third-order valence-electron chi connectivity index (χ3n) is 5.00. The zero-order valence-corrected chi connectivity index (χ0v) is 17.2. The molecule has 160 valence electrons. The van der Waals surface area contributed by atoms with E-state index in [1.54, 1.807) is 17.9 Å². The van der Waals surface area contributed by atoms with Crippen LogP contribution in [-0.2, 0) is 0 Å². The van der Waals surface area contributed by atoms with Gasteiger partial charge in [-0.25, -0.2) is 18.7 Å². The summed E-state index contributed by atoms with van der Waals surface area (Å²) in [5, 5.41) is 10.9.